The third-order valence-electron chi connectivity index (χ3n) is 4.73. The maximum absolute atomic E-state index is 11.8. The Morgan fingerprint density at radius 1 is 1.57 bits per heavy atom. The molecule has 118 valence electrons. The normalized spacial score (nSPS) is 23.9. The summed E-state index contributed by atoms with van der Waals surface area (Å²) in [6.07, 6.45) is 2.35. The van der Waals surface area contributed by atoms with E-state index in [1.165, 1.54) is 0 Å². The van der Waals surface area contributed by atoms with E-state index in [-0.39, 0.29) is 29.9 Å². The summed E-state index contributed by atoms with van der Waals surface area (Å²) in [4.78, 5) is 11.8. The SMILES string of the molecule is CC(C)C(=O)N[C@H]1C[C@@H](Cc2cc(CCO)on2)C1(C)C. The fourth-order valence-electron chi connectivity index (χ4n) is 2.88. The van der Waals surface area contributed by atoms with Crippen LogP contribution >= 0.6 is 0 Å². The zero-order valence-corrected chi connectivity index (χ0v) is 13.3. The van der Waals surface area contributed by atoms with Gasteiger partial charge in [-0.25, -0.2) is 0 Å². The Balaban J connectivity index is 1.90. The average molecular weight is 294 g/mol. The third-order valence-corrected chi connectivity index (χ3v) is 4.73. The van der Waals surface area contributed by atoms with Gasteiger partial charge in [-0.1, -0.05) is 32.9 Å². The average Bonchev–Trinajstić information content (AvgIpc) is 2.85. The Morgan fingerprint density at radius 2 is 2.29 bits per heavy atom. The first-order chi connectivity index (χ1) is 9.84. The number of rotatable bonds is 6. The molecule has 1 aliphatic carbocycles. The molecule has 0 saturated heterocycles. The van der Waals surface area contributed by atoms with Gasteiger partial charge in [-0.15, -0.1) is 0 Å². The number of nitrogens with zero attached hydrogens (tertiary/aromatic N) is 1. The molecule has 2 N–H and O–H groups in total. The minimum absolute atomic E-state index is 0.0245. The Bertz CT molecular complexity index is 493. The van der Waals surface area contributed by atoms with E-state index in [1.54, 1.807) is 0 Å². The van der Waals surface area contributed by atoms with Crippen molar-refractivity contribution in [3.63, 3.8) is 0 Å². The third kappa shape index (κ3) is 3.46. The predicted molar refractivity (Wildman–Crippen MR) is 79.7 cm³/mol. The van der Waals surface area contributed by atoms with Crippen LogP contribution in [0.2, 0.25) is 0 Å². The summed E-state index contributed by atoms with van der Waals surface area (Å²) in [5.74, 6) is 1.37. The summed E-state index contributed by atoms with van der Waals surface area (Å²) < 4.78 is 5.19. The van der Waals surface area contributed by atoms with Crippen LogP contribution in [-0.4, -0.2) is 28.8 Å². The molecule has 1 amide bonds. The number of hydrogen-bond donors (Lipinski definition) is 2. The van der Waals surface area contributed by atoms with Gasteiger partial charge in [0.2, 0.25) is 5.91 Å². The molecule has 0 bridgehead atoms. The van der Waals surface area contributed by atoms with E-state index >= 15 is 0 Å². The summed E-state index contributed by atoms with van der Waals surface area (Å²) in [5, 5.41) is 16.1. The zero-order valence-electron chi connectivity index (χ0n) is 13.3. The van der Waals surface area contributed by atoms with Crippen LogP contribution in [0.25, 0.3) is 0 Å². The second kappa shape index (κ2) is 6.18. The van der Waals surface area contributed by atoms with Crippen molar-refractivity contribution in [3.05, 3.63) is 17.5 Å². The van der Waals surface area contributed by atoms with Crippen LogP contribution < -0.4 is 5.32 Å². The van der Waals surface area contributed by atoms with Crippen molar-refractivity contribution in [1.29, 1.82) is 0 Å². The van der Waals surface area contributed by atoms with Gasteiger partial charge in [-0.2, -0.15) is 0 Å². The van der Waals surface area contributed by atoms with E-state index in [4.69, 9.17) is 9.63 Å². The van der Waals surface area contributed by atoms with Crippen molar-refractivity contribution in [3.8, 4) is 0 Å². The molecule has 1 aromatic heterocycles. The summed E-state index contributed by atoms with van der Waals surface area (Å²) >= 11 is 0. The van der Waals surface area contributed by atoms with Crippen LogP contribution in [0.3, 0.4) is 0 Å². The van der Waals surface area contributed by atoms with E-state index in [1.807, 2.05) is 19.9 Å². The second-order valence-corrected chi connectivity index (χ2v) is 6.93. The number of aliphatic hydroxyl groups excluding tert-OH is 1. The lowest BCUT2D eigenvalue weighted by molar-refractivity contribution is -0.128. The molecule has 2 atom stereocenters. The van der Waals surface area contributed by atoms with Gasteiger partial charge in [0.15, 0.2) is 0 Å². The van der Waals surface area contributed by atoms with Crippen molar-refractivity contribution in [1.82, 2.24) is 10.5 Å². The fourth-order valence-corrected chi connectivity index (χ4v) is 2.88. The quantitative estimate of drug-likeness (QED) is 0.840. The molecule has 0 aliphatic heterocycles. The maximum Gasteiger partial charge on any atom is 0.222 e. The van der Waals surface area contributed by atoms with Gasteiger partial charge < -0.3 is 14.9 Å². The second-order valence-electron chi connectivity index (χ2n) is 6.93. The highest BCUT2D eigenvalue weighted by Gasteiger charge is 2.48. The largest absolute Gasteiger partial charge is 0.396 e. The summed E-state index contributed by atoms with van der Waals surface area (Å²) in [6.45, 7) is 8.29. The van der Waals surface area contributed by atoms with Gasteiger partial charge in [-0.3, -0.25) is 4.79 Å². The number of hydrogen-bond acceptors (Lipinski definition) is 4. The van der Waals surface area contributed by atoms with Gasteiger partial charge >= 0.3 is 0 Å². The van der Waals surface area contributed by atoms with E-state index in [0.717, 1.165) is 24.3 Å². The zero-order chi connectivity index (χ0) is 15.6. The number of carbonyl (C=O) groups is 1. The minimum atomic E-state index is 0.0245. The highest BCUT2D eigenvalue weighted by Crippen LogP contribution is 2.47. The Labute approximate surface area is 126 Å². The molecule has 1 fully saturated rings. The Hall–Kier alpha value is -1.36. The number of amides is 1. The van der Waals surface area contributed by atoms with Crippen molar-refractivity contribution >= 4 is 5.91 Å². The molecular formula is C16H26N2O3. The highest BCUT2D eigenvalue weighted by atomic mass is 16.5. The summed E-state index contributed by atoms with van der Waals surface area (Å²) in [5.41, 5.74) is 1.01. The standard InChI is InChI=1S/C16H26N2O3/c1-10(2)15(20)17-14-8-11(16(14,3)4)7-12-9-13(5-6-19)21-18-12/h9-11,14,19H,5-8H2,1-4H3,(H,17,20)/t11-,14+/m1/s1. The van der Waals surface area contributed by atoms with Gasteiger partial charge in [0, 0.05) is 24.4 Å². The lowest BCUT2D eigenvalue weighted by Gasteiger charge is -2.52. The highest BCUT2D eigenvalue weighted by molar-refractivity contribution is 5.78. The van der Waals surface area contributed by atoms with Crippen LogP contribution in [0, 0.1) is 17.3 Å². The fraction of sp³-hybridized carbons (Fsp3) is 0.750. The van der Waals surface area contributed by atoms with E-state index < -0.39 is 0 Å². The topological polar surface area (TPSA) is 75.4 Å². The van der Waals surface area contributed by atoms with Crippen LogP contribution in [-0.2, 0) is 17.6 Å². The first-order valence-corrected chi connectivity index (χ1v) is 7.70. The van der Waals surface area contributed by atoms with E-state index in [2.05, 4.69) is 24.3 Å². The van der Waals surface area contributed by atoms with Gasteiger partial charge in [0.25, 0.3) is 0 Å². The molecule has 1 aromatic rings. The lowest BCUT2D eigenvalue weighted by atomic mass is 9.57. The van der Waals surface area contributed by atoms with Gasteiger partial charge in [0.1, 0.15) is 5.76 Å². The maximum atomic E-state index is 11.8. The lowest BCUT2D eigenvalue weighted by Crippen LogP contribution is -2.59. The molecular weight excluding hydrogens is 268 g/mol. The first-order valence-electron chi connectivity index (χ1n) is 7.70. The van der Waals surface area contributed by atoms with Crippen molar-refractivity contribution < 1.29 is 14.4 Å². The molecule has 5 nitrogen and oxygen atoms in total. The molecule has 5 heteroatoms. The monoisotopic (exact) mass is 294 g/mol. The first kappa shape index (κ1) is 16.0. The Kier molecular flexibility index (Phi) is 4.71. The van der Waals surface area contributed by atoms with Crippen molar-refractivity contribution in [2.45, 2.75) is 53.0 Å². The Morgan fingerprint density at radius 3 is 2.86 bits per heavy atom. The van der Waals surface area contributed by atoms with E-state index in [0.29, 0.717) is 12.3 Å². The van der Waals surface area contributed by atoms with E-state index in [9.17, 15) is 4.79 Å². The summed E-state index contributed by atoms with van der Waals surface area (Å²) in [7, 11) is 0. The minimum Gasteiger partial charge on any atom is -0.396 e. The van der Waals surface area contributed by atoms with Crippen LogP contribution in [0.1, 0.15) is 45.6 Å². The number of carbonyl (C=O) groups excluding carboxylic acids is 1. The molecule has 0 aromatic carbocycles. The molecule has 0 unspecified atom stereocenters. The number of aromatic nitrogens is 1. The molecule has 0 radical (unpaired) electrons. The number of nitrogens with one attached hydrogen (secondary N) is 1. The van der Waals surface area contributed by atoms with Crippen molar-refractivity contribution in [2.75, 3.05) is 6.61 Å². The molecule has 2 rings (SSSR count). The molecule has 1 saturated carbocycles. The summed E-state index contributed by atoms with van der Waals surface area (Å²) in [6, 6.07) is 2.16. The predicted octanol–water partition coefficient (Wildman–Crippen LogP) is 1.94. The van der Waals surface area contributed by atoms with Crippen LogP contribution in [0.5, 0.6) is 0 Å². The smallest absolute Gasteiger partial charge is 0.222 e. The molecule has 1 heterocycles. The molecule has 0 spiro atoms. The van der Waals surface area contributed by atoms with Crippen molar-refractivity contribution in [2.24, 2.45) is 17.3 Å². The van der Waals surface area contributed by atoms with Crippen LogP contribution in [0.15, 0.2) is 10.6 Å². The van der Waals surface area contributed by atoms with Gasteiger partial charge in [0.05, 0.1) is 12.3 Å². The number of aliphatic hydroxyl groups is 1. The molecule has 21 heavy (non-hydrogen) atoms. The molecule has 1 aliphatic rings. The van der Waals surface area contributed by atoms with Gasteiger partial charge in [-0.05, 0) is 24.2 Å². The van der Waals surface area contributed by atoms with Crippen LogP contribution in [0.4, 0.5) is 0 Å².